The number of hydrogen-bond donors (Lipinski definition) is 0. The summed E-state index contributed by atoms with van der Waals surface area (Å²) in [7, 11) is 0. The Labute approximate surface area is 154 Å². The van der Waals surface area contributed by atoms with Crippen molar-refractivity contribution in [2.75, 3.05) is 26.2 Å². The second-order valence-corrected chi connectivity index (χ2v) is 6.48. The zero-order chi connectivity index (χ0) is 18.1. The van der Waals surface area contributed by atoms with Gasteiger partial charge in [-0.3, -0.25) is 9.69 Å². The van der Waals surface area contributed by atoms with Crippen molar-refractivity contribution >= 4 is 23.3 Å². The standard InChI is InChI=1S/C17H16ClFN6O/c18-13-3-1-4-14(19)12(13)11-23-7-9-24(10-8-23)16(26)15-21-17-20-5-2-6-25(17)22-15/h1-6H,7-11H2. The molecule has 7 nitrogen and oxygen atoms in total. The van der Waals surface area contributed by atoms with E-state index in [1.165, 1.54) is 10.6 Å². The fourth-order valence-electron chi connectivity index (χ4n) is 2.98. The Morgan fingerprint density at radius 2 is 2.00 bits per heavy atom. The van der Waals surface area contributed by atoms with E-state index in [0.717, 1.165) is 0 Å². The maximum Gasteiger partial charge on any atom is 0.293 e. The number of hydrogen-bond acceptors (Lipinski definition) is 5. The van der Waals surface area contributed by atoms with Crippen LogP contribution in [0.15, 0.2) is 36.7 Å². The number of carbonyl (C=O) groups is 1. The fraction of sp³-hybridized carbons (Fsp3) is 0.294. The molecule has 1 aliphatic heterocycles. The molecule has 0 saturated carbocycles. The van der Waals surface area contributed by atoms with Crippen LogP contribution in [0.2, 0.25) is 5.02 Å². The lowest BCUT2D eigenvalue weighted by molar-refractivity contribution is 0.0615. The molecule has 0 spiro atoms. The van der Waals surface area contributed by atoms with E-state index in [-0.39, 0.29) is 17.5 Å². The molecule has 0 atom stereocenters. The molecular weight excluding hydrogens is 359 g/mol. The van der Waals surface area contributed by atoms with Crippen molar-refractivity contribution in [2.24, 2.45) is 0 Å². The minimum absolute atomic E-state index is 0.134. The van der Waals surface area contributed by atoms with Gasteiger partial charge in [0.1, 0.15) is 5.82 Å². The third-order valence-electron chi connectivity index (χ3n) is 4.41. The number of halogens is 2. The Hall–Kier alpha value is -2.58. The van der Waals surface area contributed by atoms with Gasteiger partial charge in [0.15, 0.2) is 0 Å². The van der Waals surface area contributed by atoms with Crippen LogP contribution in [0.3, 0.4) is 0 Å². The van der Waals surface area contributed by atoms with E-state index in [9.17, 15) is 9.18 Å². The van der Waals surface area contributed by atoms with E-state index < -0.39 is 0 Å². The number of nitrogens with zero attached hydrogens (tertiary/aromatic N) is 6. The molecule has 1 amide bonds. The molecular formula is C17H16ClFN6O. The zero-order valence-electron chi connectivity index (χ0n) is 13.8. The second-order valence-electron chi connectivity index (χ2n) is 6.07. The summed E-state index contributed by atoms with van der Waals surface area (Å²) < 4.78 is 15.4. The van der Waals surface area contributed by atoms with Crippen LogP contribution in [0.1, 0.15) is 16.2 Å². The summed E-state index contributed by atoms with van der Waals surface area (Å²) in [5.74, 6) is -0.00513. The molecule has 1 aromatic carbocycles. The molecule has 0 radical (unpaired) electrons. The summed E-state index contributed by atoms with van der Waals surface area (Å²) >= 11 is 6.09. The largest absolute Gasteiger partial charge is 0.333 e. The van der Waals surface area contributed by atoms with Crippen LogP contribution in [0, 0.1) is 5.82 Å². The zero-order valence-corrected chi connectivity index (χ0v) is 14.6. The van der Waals surface area contributed by atoms with Crippen molar-refractivity contribution in [3.63, 3.8) is 0 Å². The molecule has 0 aliphatic carbocycles. The predicted molar refractivity (Wildman–Crippen MR) is 93.4 cm³/mol. The second kappa shape index (κ2) is 6.97. The maximum atomic E-state index is 13.9. The Balaban J connectivity index is 1.41. The van der Waals surface area contributed by atoms with E-state index in [2.05, 4.69) is 20.0 Å². The highest BCUT2D eigenvalue weighted by molar-refractivity contribution is 6.31. The number of amides is 1. The van der Waals surface area contributed by atoms with Crippen molar-refractivity contribution in [2.45, 2.75) is 6.54 Å². The van der Waals surface area contributed by atoms with Crippen molar-refractivity contribution in [3.05, 3.63) is 58.9 Å². The number of fused-ring (bicyclic) bond motifs is 1. The Bertz CT molecular complexity index is 900. The molecule has 26 heavy (non-hydrogen) atoms. The number of benzene rings is 1. The van der Waals surface area contributed by atoms with E-state index in [0.29, 0.717) is 49.1 Å². The highest BCUT2D eigenvalue weighted by atomic mass is 35.5. The highest BCUT2D eigenvalue weighted by Gasteiger charge is 2.26. The first-order valence-electron chi connectivity index (χ1n) is 8.24. The van der Waals surface area contributed by atoms with E-state index in [4.69, 9.17) is 11.6 Å². The predicted octanol–water partition coefficient (Wildman–Crippen LogP) is 1.87. The number of rotatable bonds is 3. The van der Waals surface area contributed by atoms with Gasteiger partial charge in [0.05, 0.1) is 0 Å². The molecule has 0 N–H and O–H groups in total. The third-order valence-corrected chi connectivity index (χ3v) is 4.76. The van der Waals surface area contributed by atoms with Crippen molar-refractivity contribution < 1.29 is 9.18 Å². The summed E-state index contributed by atoms with van der Waals surface area (Å²) in [6.45, 7) is 2.72. The van der Waals surface area contributed by atoms with Crippen LogP contribution in [0.5, 0.6) is 0 Å². The maximum absolute atomic E-state index is 13.9. The van der Waals surface area contributed by atoms with E-state index in [1.54, 1.807) is 35.5 Å². The van der Waals surface area contributed by atoms with Crippen molar-refractivity contribution in [3.8, 4) is 0 Å². The van der Waals surface area contributed by atoms with E-state index in [1.807, 2.05) is 0 Å². The molecule has 2 aromatic heterocycles. The van der Waals surface area contributed by atoms with Gasteiger partial charge in [-0.1, -0.05) is 17.7 Å². The molecule has 1 aliphatic rings. The Morgan fingerprint density at radius 1 is 1.19 bits per heavy atom. The number of piperazine rings is 1. The summed E-state index contributed by atoms with van der Waals surface area (Å²) in [6.07, 6.45) is 3.30. The quantitative estimate of drug-likeness (QED) is 0.700. The Morgan fingerprint density at radius 3 is 2.73 bits per heavy atom. The van der Waals surface area contributed by atoms with Gasteiger partial charge in [-0.15, -0.1) is 5.10 Å². The highest BCUT2D eigenvalue weighted by Crippen LogP contribution is 2.21. The van der Waals surface area contributed by atoms with Crippen LogP contribution in [0.25, 0.3) is 5.78 Å². The minimum Gasteiger partial charge on any atom is -0.333 e. The molecule has 3 heterocycles. The molecule has 1 saturated heterocycles. The third kappa shape index (κ3) is 3.25. The van der Waals surface area contributed by atoms with Crippen LogP contribution >= 0.6 is 11.6 Å². The summed E-state index contributed by atoms with van der Waals surface area (Å²) in [5.41, 5.74) is 0.488. The Kier molecular flexibility index (Phi) is 4.52. The van der Waals surface area contributed by atoms with Crippen LogP contribution < -0.4 is 0 Å². The van der Waals surface area contributed by atoms with Crippen molar-refractivity contribution in [1.82, 2.24) is 29.4 Å². The average Bonchev–Trinajstić information content (AvgIpc) is 3.09. The van der Waals surface area contributed by atoms with Gasteiger partial charge in [-0.05, 0) is 18.2 Å². The lowest BCUT2D eigenvalue weighted by atomic mass is 10.2. The summed E-state index contributed by atoms with van der Waals surface area (Å²) in [6, 6.07) is 6.41. The average molecular weight is 375 g/mol. The SMILES string of the molecule is O=C(c1nc2ncccn2n1)N1CCN(Cc2c(F)cccc2Cl)CC1. The van der Waals surface area contributed by atoms with Gasteiger partial charge in [0, 0.05) is 55.7 Å². The van der Waals surface area contributed by atoms with Gasteiger partial charge < -0.3 is 4.90 Å². The minimum atomic E-state index is -0.308. The smallest absolute Gasteiger partial charge is 0.293 e. The number of aromatic nitrogens is 4. The van der Waals surface area contributed by atoms with Gasteiger partial charge >= 0.3 is 0 Å². The normalized spacial score (nSPS) is 15.5. The molecule has 3 aromatic rings. The van der Waals surface area contributed by atoms with Gasteiger partial charge in [0.25, 0.3) is 11.7 Å². The molecule has 0 unspecified atom stereocenters. The first kappa shape index (κ1) is 16.9. The van der Waals surface area contributed by atoms with Gasteiger partial charge in [0.2, 0.25) is 5.82 Å². The lowest BCUT2D eigenvalue weighted by Gasteiger charge is -2.34. The molecule has 9 heteroatoms. The van der Waals surface area contributed by atoms with Gasteiger partial charge in [-0.25, -0.2) is 13.9 Å². The van der Waals surface area contributed by atoms with Crippen LogP contribution in [-0.2, 0) is 6.54 Å². The fourth-order valence-corrected chi connectivity index (χ4v) is 3.20. The number of carbonyl (C=O) groups excluding carboxylic acids is 1. The van der Waals surface area contributed by atoms with Gasteiger partial charge in [-0.2, -0.15) is 4.98 Å². The molecule has 4 rings (SSSR count). The molecule has 134 valence electrons. The summed E-state index contributed by atoms with van der Waals surface area (Å²) in [5, 5.41) is 4.59. The van der Waals surface area contributed by atoms with Crippen LogP contribution in [-0.4, -0.2) is 61.5 Å². The van der Waals surface area contributed by atoms with Crippen LogP contribution in [0.4, 0.5) is 4.39 Å². The molecule has 0 bridgehead atoms. The molecule has 1 fully saturated rings. The van der Waals surface area contributed by atoms with Crippen molar-refractivity contribution in [1.29, 1.82) is 0 Å². The monoisotopic (exact) mass is 374 g/mol. The first-order valence-corrected chi connectivity index (χ1v) is 8.61. The topological polar surface area (TPSA) is 66.6 Å². The first-order chi connectivity index (χ1) is 12.6. The lowest BCUT2D eigenvalue weighted by Crippen LogP contribution is -2.48. The van der Waals surface area contributed by atoms with E-state index >= 15 is 0 Å². The summed E-state index contributed by atoms with van der Waals surface area (Å²) in [4.78, 5) is 24.6.